The second-order valence-electron chi connectivity index (χ2n) is 4.63. The fourth-order valence-electron chi connectivity index (χ4n) is 1.82. The number of rotatable bonds is 4. The highest BCUT2D eigenvalue weighted by Crippen LogP contribution is 2.19. The molecular formula is C14H15N3O2S2. The summed E-state index contributed by atoms with van der Waals surface area (Å²) in [5, 5.41) is 0. The highest BCUT2D eigenvalue weighted by atomic mass is 32.2. The summed E-state index contributed by atoms with van der Waals surface area (Å²) in [6.07, 6.45) is 1.48. The van der Waals surface area contributed by atoms with Crippen molar-refractivity contribution in [1.29, 1.82) is 0 Å². The van der Waals surface area contributed by atoms with E-state index in [1.165, 1.54) is 12.3 Å². The van der Waals surface area contributed by atoms with Gasteiger partial charge in [-0.1, -0.05) is 18.3 Å². The highest BCUT2D eigenvalue weighted by molar-refractivity contribution is 7.92. The number of aromatic nitrogens is 1. The SMILES string of the molecule is Cc1ccc(NS(=O)(=O)c2ccc(C(N)=S)c(C)c2)cn1. The van der Waals surface area contributed by atoms with Crippen molar-refractivity contribution in [2.45, 2.75) is 18.7 Å². The average Bonchev–Trinajstić information content (AvgIpc) is 2.40. The van der Waals surface area contributed by atoms with Gasteiger partial charge < -0.3 is 5.73 Å². The molecule has 3 N–H and O–H groups in total. The molecule has 0 aliphatic heterocycles. The Morgan fingerprint density at radius 1 is 1.24 bits per heavy atom. The summed E-state index contributed by atoms with van der Waals surface area (Å²) in [6.45, 7) is 3.59. The minimum Gasteiger partial charge on any atom is -0.389 e. The van der Waals surface area contributed by atoms with E-state index in [0.29, 0.717) is 16.8 Å². The molecule has 0 fully saturated rings. The molecular weight excluding hydrogens is 306 g/mol. The van der Waals surface area contributed by atoms with Crippen LogP contribution >= 0.6 is 12.2 Å². The van der Waals surface area contributed by atoms with Crippen molar-refractivity contribution in [3.05, 3.63) is 53.3 Å². The van der Waals surface area contributed by atoms with E-state index in [2.05, 4.69) is 9.71 Å². The van der Waals surface area contributed by atoms with Crippen molar-refractivity contribution in [3.8, 4) is 0 Å². The van der Waals surface area contributed by atoms with Gasteiger partial charge in [-0.25, -0.2) is 8.42 Å². The first kappa shape index (κ1) is 15.4. The van der Waals surface area contributed by atoms with Crippen molar-refractivity contribution in [2.24, 2.45) is 5.73 Å². The van der Waals surface area contributed by atoms with Gasteiger partial charge in [-0.05, 0) is 43.7 Å². The molecule has 0 spiro atoms. The molecule has 0 bridgehead atoms. The number of nitrogens with two attached hydrogens (primary N) is 1. The Labute approximate surface area is 129 Å². The lowest BCUT2D eigenvalue weighted by atomic mass is 10.1. The molecule has 1 heterocycles. The molecule has 0 saturated carbocycles. The lowest BCUT2D eigenvalue weighted by Crippen LogP contribution is -2.15. The van der Waals surface area contributed by atoms with Crippen LogP contribution in [0.1, 0.15) is 16.8 Å². The van der Waals surface area contributed by atoms with E-state index < -0.39 is 10.0 Å². The predicted octanol–water partition coefficient (Wildman–Crippen LogP) is 2.13. The number of pyridine rings is 1. The Morgan fingerprint density at radius 2 is 1.95 bits per heavy atom. The van der Waals surface area contributed by atoms with E-state index in [1.807, 2.05) is 6.92 Å². The van der Waals surface area contributed by atoms with Crippen molar-refractivity contribution in [1.82, 2.24) is 4.98 Å². The molecule has 2 rings (SSSR count). The van der Waals surface area contributed by atoms with Crippen LogP contribution in [0.25, 0.3) is 0 Å². The third-order valence-corrected chi connectivity index (χ3v) is 4.54. The van der Waals surface area contributed by atoms with Crippen LogP contribution in [0.5, 0.6) is 0 Å². The molecule has 0 atom stereocenters. The summed E-state index contributed by atoms with van der Waals surface area (Å²) in [5.74, 6) is 0. The third-order valence-electron chi connectivity index (χ3n) is 2.94. The molecule has 0 saturated heterocycles. The van der Waals surface area contributed by atoms with E-state index in [-0.39, 0.29) is 9.88 Å². The number of benzene rings is 1. The standard InChI is InChI=1S/C14H15N3O2S2/c1-9-7-12(5-6-13(9)14(15)20)21(18,19)17-11-4-3-10(2)16-8-11/h3-8,17H,1-2H3,(H2,15,20). The Balaban J connectivity index is 2.33. The first-order valence-corrected chi connectivity index (χ1v) is 8.04. The van der Waals surface area contributed by atoms with Crippen molar-refractivity contribution in [3.63, 3.8) is 0 Å². The number of anilines is 1. The maximum absolute atomic E-state index is 12.3. The average molecular weight is 321 g/mol. The van der Waals surface area contributed by atoms with Gasteiger partial charge >= 0.3 is 0 Å². The largest absolute Gasteiger partial charge is 0.389 e. The minimum atomic E-state index is -3.67. The fourth-order valence-corrected chi connectivity index (χ4v) is 3.18. The quantitative estimate of drug-likeness (QED) is 0.843. The monoisotopic (exact) mass is 321 g/mol. The summed E-state index contributed by atoms with van der Waals surface area (Å²) >= 11 is 4.91. The maximum Gasteiger partial charge on any atom is 0.261 e. The zero-order valence-corrected chi connectivity index (χ0v) is 13.3. The molecule has 0 aliphatic rings. The lowest BCUT2D eigenvalue weighted by molar-refractivity contribution is 0.601. The Bertz CT molecular complexity index is 784. The summed E-state index contributed by atoms with van der Waals surface area (Å²) in [6, 6.07) is 8.03. The molecule has 110 valence electrons. The van der Waals surface area contributed by atoms with Crippen LogP contribution in [0, 0.1) is 13.8 Å². The molecule has 0 radical (unpaired) electrons. The Morgan fingerprint density at radius 3 is 2.48 bits per heavy atom. The fraction of sp³-hybridized carbons (Fsp3) is 0.143. The molecule has 7 heteroatoms. The van der Waals surface area contributed by atoms with Crippen LogP contribution in [0.3, 0.4) is 0 Å². The van der Waals surface area contributed by atoms with Crippen LogP contribution in [0.15, 0.2) is 41.4 Å². The number of hydrogen-bond donors (Lipinski definition) is 2. The minimum absolute atomic E-state index is 0.153. The molecule has 1 aromatic heterocycles. The molecule has 0 aliphatic carbocycles. The second-order valence-corrected chi connectivity index (χ2v) is 6.76. The number of nitrogens with zero attached hydrogens (tertiary/aromatic N) is 1. The summed E-state index contributed by atoms with van der Waals surface area (Å²) in [4.78, 5) is 4.45. The highest BCUT2D eigenvalue weighted by Gasteiger charge is 2.16. The maximum atomic E-state index is 12.3. The second kappa shape index (κ2) is 5.79. The van der Waals surface area contributed by atoms with Gasteiger partial charge in [0.1, 0.15) is 4.99 Å². The molecule has 5 nitrogen and oxygen atoms in total. The number of sulfonamides is 1. The smallest absolute Gasteiger partial charge is 0.261 e. The van der Waals surface area contributed by atoms with E-state index in [4.69, 9.17) is 18.0 Å². The van der Waals surface area contributed by atoms with Crippen LogP contribution in [0.2, 0.25) is 0 Å². The zero-order valence-electron chi connectivity index (χ0n) is 11.6. The lowest BCUT2D eigenvalue weighted by Gasteiger charge is -2.10. The Kier molecular flexibility index (Phi) is 4.24. The van der Waals surface area contributed by atoms with Crippen LogP contribution in [-0.2, 0) is 10.0 Å². The Hall–Kier alpha value is -1.99. The summed E-state index contributed by atoms with van der Waals surface area (Å²) in [7, 11) is -3.67. The van der Waals surface area contributed by atoms with Gasteiger partial charge in [0.05, 0.1) is 16.8 Å². The number of thiocarbonyl (C=S) groups is 1. The normalized spacial score (nSPS) is 11.1. The van der Waals surface area contributed by atoms with Gasteiger partial charge in [-0.3, -0.25) is 9.71 Å². The van der Waals surface area contributed by atoms with Gasteiger partial charge in [0.15, 0.2) is 0 Å². The van der Waals surface area contributed by atoms with Gasteiger partial charge in [0, 0.05) is 11.3 Å². The summed E-state index contributed by atoms with van der Waals surface area (Å²) in [5.41, 5.74) is 8.18. The molecule has 0 amide bonds. The molecule has 1 aromatic carbocycles. The number of nitrogens with one attached hydrogen (secondary N) is 1. The summed E-state index contributed by atoms with van der Waals surface area (Å²) < 4.78 is 27.1. The van der Waals surface area contributed by atoms with Gasteiger partial charge in [-0.2, -0.15) is 0 Å². The topological polar surface area (TPSA) is 85.1 Å². The van der Waals surface area contributed by atoms with Gasteiger partial charge in [0.25, 0.3) is 10.0 Å². The molecule has 21 heavy (non-hydrogen) atoms. The zero-order chi connectivity index (χ0) is 15.6. The number of aryl methyl sites for hydroxylation is 2. The van der Waals surface area contributed by atoms with Gasteiger partial charge in [0.2, 0.25) is 0 Å². The van der Waals surface area contributed by atoms with E-state index in [0.717, 1.165) is 5.69 Å². The van der Waals surface area contributed by atoms with E-state index >= 15 is 0 Å². The first-order valence-electron chi connectivity index (χ1n) is 6.15. The van der Waals surface area contributed by atoms with Gasteiger partial charge in [-0.15, -0.1) is 0 Å². The first-order chi connectivity index (χ1) is 9.79. The van der Waals surface area contributed by atoms with Crippen molar-refractivity contribution < 1.29 is 8.42 Å². The molecule has 0 unspecified atom stereocenters. The van der Waals surface area contributed by atoms with Crippen LogP contribution < -0.4 is 10.5 Å². The van der Waals surface area contributed by atoms with E-state index in [1.54, 1.807) is 31.2 Å². The predicted molar refractivity (Wildman–Crippen MR) is 86.8 cm³/mol. The van der Waals surface area contributed by atoms with Crippen molar-refractivity contribution >= 4 is 32.9 Å². The van der Waals surface area contributed by atoms with E-state index in [9.17, 15) is 8.42 Å². The van der Waals surface area contributed by atoms with Crippen LogP contribution in [0.4, 0.5) is 5.69 Å². The van der Waals surface area contributed by atoms with Crippen LogP contribution in [-0.4, -0.2) is 18.4 Å². The van der Waals surface area contributed by atoms with Crippen molar-refractivity contribution in [2.75, 3.05) is 4.72 Å². The third kappa shape index (κ3) is 3.56. The molecule has 2 aromatic rings. The number of hydrogen-bond acceptors (Lipinski definition) is 4.